The normalized spacial score (nSPS) is 15.5. The molecule has 0 saturated carbocycles. The summed E-state index contributed by atoms with van der Waals surface area (Å²) in [7, 11) is 0. The van der Waals surface area contributed by atoms with Crippen molar-refractivity contribution in [2.45, 2.75) is 32.9 Å². The highest BCUT2D eigenvalue weighted by molar-refractivity contribution is 6.29. The zero-order valence-corrected chi connectivity index (χ0v) is 17.1. The van der Waals surface area contributed by atoms with Crippen molar-refractivity contribution in [3.63, 3.8) is 0 Å². The van der Waals surface area contributed by atoms with E-state index in [1.165, 1.54) is 0 Å². The number of amides is 1. The average Bonchev–Trinajstić information content (AvgIpc) is 3.08. The predicted octanol–water partition coefficient (Wildman–Crippen LogP) is 2.67. The van der Waals surface area contributed by atoms with E-state index in [1.54, 1.807) is 23.1 Å². The van der Waals surface area contributed by atoms with E-state index in [0.717, 1.165) is 26.2 Å². The van der Waals surface area contributed by atoms with Crippen LogP contribution in [0.15, 0.2) is 24.4 Å². The largest absolute Gasteiger partial charge is 0.444 e. The van der Waals surface area contributed by atoms with E-state index < -0.39 is 5.60 Å². The fraction of sp³-hybridized carbons (Fsp3) is 0.556. The molecule has 0 aliphatic carbocycles. The number of hydrogen-bond acceptors (Lipinski definition) is 7. The summed E-state index contributed by atoms with van der Waals surface area (Å²) in [5, 5.41) is 12.3. The number of hydrogen-bond donors (Lipinski definition) is 0. The fourth-order valence-electron chi connectivity index (χ4n) is 2.71. The van der Waals surface area contributed by atoms with Crippen molar-refractivity contribution in [3.8, 4) is 11.8 Å². The number of rotatable bonds is 5. The molecule has 1 aliphatic rings. The average molecular weight is 409 g/mol. The molecule has 9 nitrogen and oxygen atoms in total. The zero-order valence-electron chi connectivity index (χ0n) is 16.3. The van der Waals surface area contributed by atoms with Crippen molar-refractivity contribution in [3.05, 3.63) is 29.5 Å². The van der Waals surface area contributed by atoms with Crippen molar-refractivity contribution in [1.29, 1.82) is 0 Å². The summed E-state index contributed by atoms with van der Waals surface area (Å²) in [4.78, 5) is 16.2. The lowest BCUT2D eigenvalue weighted by Gasteiger charge is -2.35. The van der Waals surface area contributed by atoms with Crippen molar-refractivity contribution < 1.29 is 14.3 Å². The molecular weight excluding hydrogens is 384 g/mol. The summed E-state index contributed by atoms with van der Waals surface area (Å²) < 4.78 is 12.8. The Hall–Kier alpha value is -2.39. The monoisotopic (exact) mass is 408 g/mol. The molecule has 0 unspecified atom stereocenters. The quantitative estimate of drug-likeness (QED) is 0.751. The third-order valence-electron chi connectivity index (χ3n) is 4.10. The lowest BCUT2D eigenvalue weighted by atomic mass is 10.2. The van der Waals surface area contributed by atoms with E-state index in [1.807, 2.05) is 31.6 Å². The molecule has 0 bridgehead atoms. The third-order valence-corrected chi connectivity index (χ3v) is 4.30. The van der Waals surface area contributed by atoms with Crippen LogP contribution in [0.5, 0.6) is 11.8 Å². The molecule has 0 N–H and O–H groups in total. The summed E-state index contributed by atoms with van der Waals surface area (Å²) >= 11 is 5.71. The van der Waals surface area contributed by atoms with Gasteiger partial charge in [-0.25, -0.2) is 4.79 Å². The molecule has 1 saturated heterocycles. The molecule has 3 rings (SSSR count). The van der Waals surface area contributed by atoms with Gasteiger partial charge in [-0.15, -0.1) is 15.3 Å². The minimum absolute atomic E-state index is 0.244. The first-order chi connectivity index (χ1) is 13.3. The molecule has 10 heteroatoms. The number of ether oxygens (including phenoxy) is 2. The predicted molar refractivity (Wildman–Crippen MR) is 104 cm³/mol. The Balaban J connectivity index is 1.41. The first-order valence-electron chi connectivity index (χ1n) is 9.19. The Kier molecular flexibility index (Phi) is 6.35. The first-order valence-corrected chi connectivity index (χ1v) is 9.57. The molecule has 0 atom stereocenters. The van der Waals surface area contributed by atoms with Crippen molar-refractivity contribution >= 4 is 17.7 Å². The van der Waals surface area contributed by atoms with Gasteiger partial charge in [-0.1, -0.05) is 11.6 Å². The molecule has 0 spiro atoms. The van der Waals surface area contributed by atoms with E-state index in [4.69, 9.17) is 21.1 Å². The van der Waals surface area contributed by atoms with Crippen LogP contribution in [0.2, 0.25) is 5.15 Å². The van der Waals surface area contributed by atoms with Crippen LogP contribution in [-0.4, -0.2) is 74.2 Å². The summed E-state index contributed by atoms with van der Waals surface area (Å²) in [5.41, 5.74) is -0.467. The van der Waals surface area contributed by atoms with Crippen LogP contribution in [0, 0.1) is 0 Å². The standard InChI is InChI=1S/C18H25ClN6O3/c1-18(2,3)28-17(26)24-11-8-23(9-12-24)10-13-25-7-6-16(22-25)27-15-5-4-14(19)20-21-15/h4-7H,8-13H2,1-3H3. The van der Waals surface area contributed by atoms with Crippen LogP contribution in [0.4, 0.5) is 4.79 Å². The number of halogens is 1. The van der Waals surface area contributed by atoms with Gasteiger partial charge in [-0.3, -0.25) is 9.58 Å². The molecule has 2 aromatic rings. The maximum Gasteiger partial charge on any atom is 0.410 e. The summed E-state index contributed by atoms with van der Waals surface area (Å²) in [6.45, 7) is 10.1. The van der Waals surface area contributed by atoms with Crippen LogP contribution in [0.1, 0.15) is 20.8 Å². The van der Waals surface area contributed by atoms with Gasteiger partial charge in [-0.05, 0) is 26.8 Å². The van der Waals surface area contributed by atoms with E-state index in [0.29, 0.717) is 30.0 Å². The van der Waals surface area contributed by atoms with Crippen molar-refractivity contribution in [2.24, 2.45) is 0 Å². The molecule has 152 valence electrons. The number of carbonyl (C=O) groups excluding carboxylic acids is 1. The smallest absolute Gasteiger partial charge is 0.410 e. The molecule has 2 aromatic heterocycles. The summed E-state index contributed by atoms with van der Waals surface area (Å²) in [6, 6.07) is 5.02. The van der Waals surface area contributed by atoms with Gasteiger partial charge in [0.05, 0.1) is 6.54 Å². The fourth-order valence-corrected chi connectivity index (χ4v) is 2.81. The van der Waals surface area contributed by atoms with Gasteiger partial charge in [0.15, 0.2) is 5.15 Å². The lowest BCUT2D eigenvalue weighted by Crippen LogP contribution is -2.50. The highest BCUT2D eigenvalue weighted by atomic mass is 35.5. The SMILES string of the molecule is CC(C)(C)OC(=O)N1CCN(CCn2ccc(Oc3ccc(Cl)nn3)n2)CC1. The molecule has 1 fully saturated rings. The van der Waals surface area contributed by atoms with Gasteiger partial charge in [-0.2, -0.15) is 0 Å². The van der Waals surface area contributed by atoms with Gasteiger partial charge in [0, 0.05) is 51.1 Å². The zero-order chi connectivity index (χ0) is 20.1. The number of nitrogens with zero attached hydrogens (tertiary/aromatic N) is 6. The summed E-state index contributed by atoms with van der Waals surface area (Å²) in [6.07, 6.45) is 1.61. The van der Waals surface area contributed by atoms with Gasteiger partial charge in [0.2, 0.25) is 11.8 Å². The number of aromatic nitrogens is 4. The highest BCUT2D eigenvalue weighted by Gasteiger charge is 2.25. The highest BCUT2D eigenvalue weighted by Crippen LogP contribution is 2.17. The molecule has 28 heavy (non-hydrogen) atoms. The van der Waals surface area contributed by atoms with E-state index in [2.05, 4.69) is 20.2 Å². The van der Waals surface area contributed by atoms with Crippen LogP contribution < -0.4 is 4.74 Å². The van der Waals surface area contributed by atoms with Crippen LogP contribution in [0.3, 0.4) is 0 Å². The van der Waals surface area contributed by atoms with Crippen LogP contribution in [-0.2, 0) is 11.3 Å². The maximum atomic E-state index is 12.1. The van der Waals surface area contributed by atoms with Gasteiger partial charge in [0.25, 0.3) is 0 Å². The molecular formula is C18H25ClN6O3. The second-order valence-electron chi connectivity index (χ2n) is 7.52. The number of carbonyl (C=O) groups is 1. The van der Waals surface area contributed by atoms with Gasteiger partial charge in [0.1, 0.15) is 5.60 Å². The van der Waals surface area contributed by atoms with Crippen molar-refractivity contribution in [1.82, 2.24) is 29.8 Å². The van der Waals surface area contributed by atoms with Crippen LogP contribution >= 0.6 is 11.6 Å². The molecule has 0 aromatic carbocycles. The van der Waals surface area contributed by atoms with Gasteiger partial charge < -0.3 is 14.4 Å². The Bertz CT molecular complexity index is 781. The molecule has 0 radical (unpaired) electrons. The van der Waals surface area contributed by atoms with E-state index in [-0.39, 0.29) is 6.09 Å². The second-order valence-corrected chi connectivity index (χ2v) is 7.91. The second kappa shape index (κ2) is 8.74. The molecule has 1 aliphatic heterocycles. The number of piperazine rings is 1. The van der Waals surface area contributed by atoms with Gasteiger partial charge >= 0.3 is 6.09 Å². The Morgan fingerprint density at radius 3 is 2.46 bits per heavy atom. The topological polar surface area (TPSA) is 85.6 Å². The van der Waals surface area contributed by atoms with E-state index in [9.17, 15) is 4.79 Å². The Morgan fingerprint density at radius 1 is 1.07 bits per heavy atom. The Labute approximate surface area is 169 Å². The minimum Gasteiger partial charge on any atom is -0.444 e. The minimum atomic E-state index is -0.467. The third kappa shape index (κ3) is 6.07. The lowest BCUT2D eigenvalue weighted by molar-refractivity contribution is 0.0142. The first kappa shape index (κ1) is 20.3. The molecule has 1 amide bonds. The Morgan fingerprint density at radius 2 is 1.82 bits per heavy atom. The van der Waals surface area contributed by atoms with Crippen LogP contribution in [0.25, 0.3) is 0 Å². The van der Waals surface area contributed by atoms with E-state index >= 15 is 0 Å². The van der Waals surface area contributed by atoms with Crippen molar-refractivity contribution in [2.75, 3.05) is 32.7 Å². The molecule has 3 heterocycles. The maximum absolute atomic E-state index is 12.1. The summed E-state index contributed by atoms with van der Waals surface area (Å²) in [5.74, 6) is 0.791.